The predicted octanol–water partition coefficient (Wildman–Crippen LogP) is 1.28. The summed E-state index contributed by atoms with van der Waals surface area (Å²) in [6.45, 7) is 0. The third-order valence-electron chi connectivity index (χ3n) is 1.40. The minimum atomic E-state index is -1.84. The van der Waals surface area contributed by atoms with Crippen LogP contribution in [0, 0.1) is 23.3 Å². The van der Waals surface area contributed by atoms with E-state index >= 15 is 0 Å². The Balaban J connectivity index is 3.66. The molecule has 13 heavy (non-hydrogen) atoms. The van der Waals surface area contributed by atoms with Crippen molar-refractivity contribution < 1.29 is 22.4 Å². The van der Waals surface area contributed by atoms with Gasteiger partial charge in [-0.05, 0) is 0 Å². The van der Waals surface area contributed by atoms with Gasteiger partial charge in [-0.2, -0.15) is 0 Å². The van der Waals surface area contributed by atoms with Gasteiger partial charge in [-0.15, -0.1) is 0 Å². The Morgan fingerprint density at radius 1 is 0.923 bits per heavy atom. The van der Waals surface area contributed by atoms with Crippen molar-refractivity contribution in [3.05, 3.63) is 28.8 Å². The highest BCUT2D eigenvalue weighted by Gasteiger charge is 2.23. The minimum Gasteiger partial charge on any atom is -0.394 e. The molecule has 6 heteroatoms. The third-order valence-corrected chi connectivity index (χ3v) is 1.40. The first-order valence-electron chi connectivity index (χ1n) is 3.00. The third kappa shape index (κ3) is 1.24. The Morgan fingerprint density at radius 3 is 1.62 bits per heavy atom. The van der Waals surface area contributed by atoms with Gasteiger partial charge in [0.25, 0.3) is 0 Å². The molecule has 0 amide bonds. The number of hydrogen-bond donors (Lipinski definition) is 1. The summed E-state index contributed by atoms with van der Waals surface area (Å²) in [5, 5.41) is 0. The van der Waals surface area contributed by atoms with Crippen LogP contribution >= 0.6 is 0 Å². The second kappa shape index (κ2) is 3.04. The molecule has 69 valence electrons. The number of nitrogen functional groups attached to an aromatic ring is 1. The van der Waals surface area contributed by atoms with E-state index in [0.29, 0.717) is 0 Å². The minimum absolute atomic E-state index is 0.737. The average molecular weight is 192 g/mol. The zero-order chi connectivity index (χ0) is 10.2. The number of nitrogens with two attached hydrogens (primary N) is 1. The number of rotatable bonds is 1. The molecule has 0 saturated heterocycles. The van der Waals surface area contributed by atoms with Crippen LogP contribution in [-0.4, -0.2) is 6.29 Å². The van der Waals surface area contributed by atoms with Crippen molar-refractivity contribution in [3.8, 4) is 0 Å². The van der Waals surface area contributed by atoms with Crippen LogP contribution in [-0.2, 0) is 4.79 Å². The molecular formula is C7H2F4NO. The molecular weight excluding hydrogens is 190 g/mol. The van der Waals surface area contributed by atoms with Gasteiger partial charge in [0.15, 0.2) is 23.3 Å². The second-order valence-corrected chi connectivity index (χ2v) is 2.15. The first-order valence-corrected chi connectivity index (χ1v) is 3.00. The topological polar surface area (TPSA) is 43.1 Å². The molecule has 0 aliphatic heterocycles. The lowest BCUT2D eigenvalue weighted by molar-refractivity contribution is 0.453. The van der Waals surface area contributed by atoms with Crippen LogP contribution in [0.15, 0.2) is 0 Å². The lowest BCUT2D eigenvalue weighted by Crippen LogP contribution is -2.07. The molecule has 0 atom stereocenters. The van der Waals surface area contributed by atoms with Crippen LogP contribution in [0.25, 0.3) is 0 Å². The van der Waals surface area contributed by atoms with Gasteiger partial charge >= 0.3 is 0 Å². The van der Waals surface area contributed by atoms with Crippen molar-refractivity contribution in [1.82, 2.24) is 0 Å². The Kier molecular flexibility index (Phi) is 2.22. The lowest BCUT2D eigenvalue weighted by atomic mass is 10.1. The Bertz CT molecular complexity index is 348. The molecule has 0 aromatic heterocycles. The molecule has 1 rings (SSSR count). The summed E-state index contributed by atoms with van der Waals surface area (Å²) in [4.78, 5) is 9.88. The molecule has 0 spiro atoms. The van der Waals surface area contributed by atoms with Crippen LogP contribution in [0.2, 0.25) is 0 Å². The molecule has 0 heterocycles. The van der Waals surface area contributed by atoms with Gasteiger partial charge in [-0.3, -0.25) is 4.79 Å². The molecule has 0 saturated carbocycles. The fraction of sp³-hybridized carbons (Fsp3) is 0. The van der Waals surface area contributed by atoms with E-state index in [2.05, 4.69) is 5.73 Å². The zero-order valence-corrected chi connectivity index (χ0v) is 6.00. The van der Waals surface area contributed by atoms with Gasteiger partial charge in [-0.25, -0.2) is 17.6 Å². The summed E-state index contributed by atoms with van der Waals surface area (Å²) in [5.74, 6) is -7.27. The average Bonchev–Trinajstić information content (AvgIpc) is 2.13. The fourth-order valence-corrected chi connectivity index (χ4v) is 0.738. The first kappa shape index (κ1) is 9.50. The maximum absolute atomic E-state index is 12.6. The number of anilines is 1. The molecule has 0 aliphatic rings. The second-order valence-electron chi connectivity index (χ2n) is 2.15. The molecule has 1 aromatic carbocycles. The van der Waals surface area contributed by atoms with Crippen LogP contribution in [0.4, 0.5) is 23.2 Å². The van der Waals surface area contributed by atoms with Crippen LogP contribution in [0.3, 0.4) is 0 Å². The van der Waals surface area contributed by atoms with E-state index in [4.69, 9.17) is 0 Å². The van der Waals surface area contributed by atoms with Gasteiger partial charge in [-0.1, -0.05) is 0 Å². The van der Waals surface area contributed by atoms with Crippen LogP contribution in [0.1, 0.15) is 5.56 Å². The van der Waals surface area contributed by atoms with Crippen LogP contribution in [0.5, 0.6) is 0 Å². The van der Waals surface area contributed by atoms with E-state index in [1.54, 1.807) is 0 Å². The van der Waals surface area contributed by atoms with E-state index in [0.717, 1.165) is 6.29 Å². The van der Waals surface area contributed by atoms with Gasteiger partial charge in [0.05, 0.1) is 0 Å². The molecule has 0 unspecified atom stereocenters. The summed E-state index contributed by atoms with van der Waals surface area (Å²) in [6.07, 6.45) is 0.737. The SMILES string of the molecule is Nc1c(F)c(F)c([C]=O)c(F)c1F. The van der Waals surface area contributed by atoms with Crippen molar-refractivity contribution in [2.75, 3.05) is 5.73 Å². The van der Waals surface area contributed by atoms with Crippen molar-refractivity contribution in [3.63, 3.8) is 0 Å². The van der Waals surface area contributed by atoms with Crippen molar-refractivity contribution in [1.29, 1.82) is 0 Å². The van der Waals surface area contributed by atoms with E-state index in [1.165, 1.54) is 0 Å². The number of halogens is 4. The number of carbonyl (C=O) groups excluding carboxylic acids is 1. The molecule has 1 aromatic rings. The van der Waals surface area contributed by atoms with E-state index in [1.807, 2.05) is 0 Å². The summed E-state index contributed by atoms with van der Waals surface area (Å²) < 4.78 is 50.2. The van der Waals surface area contributed by atoms with Gasteiger partial charge in [0, 0.05) is 0 Å². The van der Waals surface area contributed by atoms with E-state index in [-0.39, 0.29) is 0 Å². The smallest absolute Gasteiger partial charge is 0.239 e. The number of benzene rings is 1. The standard InChI is InChI=1S/C7H2F4NO/c8-3-2(1-13)4(9)6(11)7(12)5(3)10/h12H2. The predicted molar refractivity (Wildman–Crippen MR) is 35.5 cm³/mol. The maximum Gasteiger partial charge on any atom is 0.239 e. The highest BCUT2D eigenvalue weighted by Crippen LogP contribution is 2.24. The highest BCUT2D eigenvalue weighted by atomic mass is 19.2. The molecule has 2 nitrogen and oxygen atoms in total. The van der Waals surface area contributed by atoms with E-state index in [9.17, 15) is 22.4 Å². The normalized spacial score (nSPS) is 10.2. The van der Waals surface area contributed by atoms with Crippen molar-refractivity contribution in [2.45, 2.75) is 0 Å². The maximum atomic E-state index is 12.6. The Hall–Kier alpha value is -1.59. The summed E-state index contributed by atoms with van der Waals surface area (Å²) in [6, 6.07) is 0. The fourth-order valence-electron chi connectivity index (χ4n) is 0.738. The Labute approximate surface area is 70.0 Å². The molecule has 2 N–H and O–H groups in total. The molecule has 0 bridgehead atoms. The molecule has 1 radical (unpaired) electrons. The summed E-state index contributed by atoms with van der Waals surface area (Å²) >= 11 is 0. The first-order chi connectivity index (χ1) is 6.00. The van der Waals surface area contributed by atoms with Gasteiger partial charge < -0.3 is 5.73 Å². The molecule has 0 fully saturated rings. The van der Waals surface area contributed by atoms with Gasteiger partial charge in [0.2, 0.25) is 6.29 Å². The van der Waals surface area contributed by atoms with Gasteiger partial charge in [0.1, 0.15) is 11.3 Å². The quantitative estimate of drug-likeness (QED) is 0.413. The highest BCUT2D eigenvalue weighted by molar-refractivity contribution is 5.77. The van der Waals surface area contributed by atoms with E-state index < -0.39 is 34.5 Å². The van der Waals surface area contributed by atoms with Crippen molar-refractivity contribution >= 4 is 12.0 Å². The summed E-state index contributed by atoms with van der Waals surface area (Å²) in [5.41, 5.74) is 1.92. The zero-order valence-electron chi connectivity index (χ0n) is 6.00. The largest absolute Gasteiger partial charge is 0.394 e. The molecule has 0 aliphatic carbocycles. The van der Waals surface area contributed by atoms with Crippen LogP contribution < -0.4 is 5.73 Å². The lowest BCUT2D eigenvalue weighted by Gasteiger charge is -2.03. The Morgan fingerprint density at radius 2 is 1.31 bits per heavy atom. The van der Waals surface area contributed by atoms with Crippen molar-refractivity contribution in [2.24, 2.45) is 0 Å². The monoisotopic (exact) mass is 192 g/mol. The number of hydrogen-bond acceptors (Lipinski definition) is 2. The summed E-state index contributed by atoms with van der Waals surface area (Å²) in [7, 11) is 0.